The lowest BCUT2D eigenvalue weighted by Crippen LogP contribution is -1.91. The molecule has 0 N–H and O–H groups in total. The second-order valence-corrected chi connectivity index (χ2v) is 1.71. The molecule has 60 valence electrons. The van der Waals surface area contributed by atoms with E-state index in [1.165, 1.54) is 0 Å². The molecule has 0 saturated heterocycles. The number of hydrogen-bond donors (Lipinski definition) is 0. The third kappa shape index (κ3) is 4.21. The first-order chi connectivity index (χ1) is 4.85. The summed E-state index contributed by atoms with van der Waals surface area (Å²) >= 11 is 0. The van der Waals surface area contributed by atoms with Crippen LogP contribution >= 0.6 is 0 Å². The van der Waals surface area contributed by atoms with Crippen molar-refractivity contribution >= 4 is 0 Å². The summed E-state index contributed by atoms with van der Waals surface area (Å²) in [5, 5.41) is 0. The van der Waals surface area contributed by atoms with Gasteiger partial charge in [0.15, 0.2) is 0 Å². The van der Waals surface area contributed by atoms with E-state index >= 15 is 0 Å². The van der Waals surface area contributed by atoms with Crippen molar-refractivity contribution in [3.63, 3.8) is 0 Å². The Hall–Kier alpha value is -0.700. The average Bonchev–Trinajstić information content (AvgIpc) is 1.99. The van der Waals surface area contributed by atoms with Gasteiger partial charge in [-0.15, -0.1) is 0 Å². The number of rotatable bonds is 5. The van der Waals surface area contributed by atoms with Gasteiger partial charge in [0, 0.05) is 13.7 Å². The van der Waals surface area contributed by atoms with E-state index in [1.807, 2.05) is 6.08 Å². The first-order valence-corrected chi connectivity index (χ1v) is 3.12. The van der Waals surface area contributed by atoms with Gasteiger partial charge in [-0.05, 0) is 12.5 Å². The maximum absolute atomic E-state index is 4.83. The number of methoxy groups -OCH3 is 3. The Kier molecular flexibility index (Phi) is 5.97. The van der Waals surface area contributed by atoms with Crippen LogP contribution in [-0.4, -0.2) is 27.9 Å². The van der Waals surface area contributed by atoms with Crippen LogP contribution < -0.4 is 0 Å². The predicted molar refractivity (Wildman–Crippen MR) is 38.6 cm³/mol. The standard InChI is InChI=1S/C7H14O3/c1-8-6-4-5-7(9-2)10-3/h5H,4,6H2,1-3H3. The molecule has 0 aliphatic heterocycles. The third-order valence-electron chi connectivity index (χ3n) is 1.04. The molecule has 0 aliphatic rings. The molecule has 0 amide bonds. The van der Waals surface area contributed by atoms with Crippen LogP contribution in [0.15, 0.2) is 12.0 Å². The molecule has 0 aromatic rings. The molecular formula is C7H14O3. The molecule has 0 radical (unpaired) electrons. The molecule has 0 aromatic carbocycles. The number of ether oxygens (including phenoxy) is 3. The minimum Gasteiger partial charge on any atom is -0.469 e. The van der Waals surface area contributed by atoms with E-state index in [2.05, 4.69) is 0 Å². The smallest absolute Gasteiger partial charge is 0.274 e. The SMILES string of the molecule is COCCC=C(OC)OC. The van der Waals surface area contributed by atoms with Gasteiger partial charge in [0.25, 0.3) is 5.95 Å². The highest BCUT2D eigenvalue weighted by atomic mass is 16.7. The van der Waals surface area contributed by atoms with Gasteiger partial charge >= 0.3 is 0 Å². The molecule has 0 unspecified atom stereocenters. The summed E-state index contributed by atoms with van der Waals surface area (Å²) in [5.74, 6) is 0.539. The third-order valence-corrected chi connectivity index (χ3v) is 1.04. The van der Waals surface area contributed by atoms with E-state index < -0.39 is 0 Å². The van der Waals surface area contributed by atoms with Crippen molar-refractivity contribution in [3.8, 4) is 0 Å². The summed E-state index contributed by atoms with van der Waals surface area (Å²) in [6.07, 6.45) is 2.65. The Balaban J connectivity index is 3.43. The van der Waals surface area contributed by atoms with E-state index in [0.717, 1.165) is 6.42 Å². The molecule has 0 aliphatic carbocycles. The molecule has 0 heterocycles. The maximum atomic E-state index is 4.83. The van der Waals surface area contributed by atoms with Gasteiger partial charge in [0.2, 0.25) is 0 Å². The molecule has 0 rings (SSSR count). The summed E-state index contributed by atoms with van der Waals surface area (Å²) in [5.41, 5.74) is 0. The van der Waals surface area contributed by atoms with Gasteiger partial charge in [-0.2, -0.15) is 0 Å². The van der Waals surface area contributed by atoms with Crippen molar-refractivity contribution in [3.05, 3.63) is 12.0 Å². The zero-order valence-corrected chi connectivity index (χ0v) is 6.72. The van der Waals surface area contributed by atoms with Crippen LogP contribution in [0.5, 0.6) is 0 Å². The molecule has 0 aromatic heterocycles. The van der Waals surface area contributed by atoms with Gasteiger partial charge in [0.1, 0.15) is 0 Å². The molecule has 0 saturated carbocycles. The summed E-state index contributed by atoms with van der Waals surface area (Å²) in [6, 6.07) is 0. The van der Waals surface area contributed by atoms with E-state index in [1.54, 1.807) is 21.3 Å². The van der Waals surface area contributed by atoms with Gasteiger partial charge < -0.3 is 14.2 Å². The monoisotopic (exact) mass is 146 g/mol. The average molecular weight is 146 g/mol. The fourth-order valence-corrected chi connectivity index (χ4v) is 0.545. The Morgan fingerprint density at radius 1 is 1.20 bits per heavy atom. The molecule has 10 heavy (non-hydrogen) atoms. The van der Waals surface area contributed by atoms with Crippen LogP contribution in [0.2, 0.25) is 0 Å². The van der Waals surface area contributed by atoms with Crippen molar-refractivity contribution in [2.75, 3.05) is 27.9 Å². The topological polar surface area (TPSA) is 27.7 Å². The van der Waals surface area contributed by atoms with Crippen molar-refractivity contribution in [1.29, 1.82) is 0 Å². The summed E-state index contributed by atoms with van der Waals surface area (Å²) in [7, 11) is 4.80. The molecule has 0 atom stereocenters. The zero-order chi connectivity index (χ0) is 7.82. The van der Waals surface area contributed by atoms with Crippen molar-refractivity contribution in [2.24, 2.45) is 0 Å². The lowest BCUT2D eigenvalue weighted by Gasteiger charge is -2.02. The van der Waals surface area contributed by atoms with E-state index in [4.69, 9.17) is 14.2 Å². The highest BCUT2D eigenvalue weighted by molar-refractivity contribution is 4.82. The largest absolute Gasteiger partial charge is 0.469 e. The Labute approximate surface area is 61.6 Å². The van der Waals surface area contributed by atoms with E-state index in [-0.39, 0.29) is 0 Å². The van der Waals surface area contributed by atoms with Crippen molar-refractivity contribution in [1.82, 2.24) is 0 Å². The summed E-state index contributed by atoms with van der Waals surface area (Å²) in [6.45, 7) is 0.691. The fourth-order valence-electron chi connectivity index (χ4n) is 0.545. The van der Waals surface area contributed by atoms with E-state index in [0.29, 0.717) is 12.6 Å². The first-order valence-electron chi connectivity index (χ1n) is 3.12. The van der Waals surface area contributed by atoms with Gasteiger partial charge in [-0.25, -0.2) is 0 Å². The quantitative estimate of drug-likeness (QED) is 0.430. The lowest BCUT2D eigenvalue weighted by atomic mass is 10.4. The van der Waals surface area contributed by atoms with Crippen LogP contribution in [0.1, 0.15) is 6.42 Å². The molecule has 0 fully saturated rings. The molecule has 0 spiro atoms. The molecule has 3 nitrogen and oxygen atoms in total. The van der Waals surface area contributed by atoms with Crippen molar-refractivity contribution < 1.29 is 14.2 Å². The van der Waals surface area contributed by atoms with Crippen LogP contribution in [0.25, 0.3) is 0 Å². The minimum atomic E-state index is 0.539. The lowest BCUT2D eigenvalue weighted by molar-refractivity contribution is 0.0924. The fraction of sp³-hybridized carbons (Fsp3) is 0.714. The van der Waals surface area contributed by atoms with Gasteiger partial charge in [-0.1, -0.05) is 0 Å². The van der Waals surface area contributed by atoms with Gasteiger partial charge in [0.05, 0.1) is 14.2 Å². The summed E-state index contributed by atoms with van der Waals surface area (Å²) < 4.78 is 14.5. The Morgan fingerprint density at radius 3 is 2.20 bits per heavy atom. The highest BCUT2D eigenvalue weighted by Gasteiger charge is 1.89. The Bertz CT molecular complexity index is 93.0. The Morgan fingerprint density at radius 2 is 1.80 bits per heavy atom. The minimum absolute atomic E-state index is 0.539. The highest BCUT2D eigenvalue weighted by Crippen LogP contribution is 1.97. The molecule has 0 bridgehead atoms. The molecule has 3 heteroatoms. The van der Waals surface area contributed by atoms with Crippen LogP contribution in [-0.2, 0) is 14.2 Å². The normalized spacial score (nSPS) is 8.70. The van der Waals surface area contributed by atoms with Crippen LogP contribution in [0.3, 0.4) is 0 Å². The van der Waals surface area contributed by atoms with Crippen LogP contribution in [0.4, 0.5) is 0 Å². The second-order valence-electron chi connectivity index (χ2n) is 1.71. The second kappa shape index (κ2) is 6.42. The van der Waals surface area contributed by atoms with Gasteiger partial charge in [-0.3, -0.25) is 0 Å². The number of hydrogen-bond acceptors (Lipinski definition) is 3. The maximum Gasteiger partial charge on any atom is 0.274 e. The van der Waals surface area contributed by atoms with E-state index in [9.17, 15) is 0 Å². The van der Waals surface area contributed by atoms with Crippen molar-refractivity contribution in [2.45, 2.75) is 6.42 Å². The summed E-state index contributed by atoms with van der Waals surface area (Å²) in [4.78, 5) is 0. The molecular weight excluding hydrogens is 132 g/mol. The van der Waals surface area contributed by atoms with Crippen LogP contribution in [0, 0.1) is 0 Å². The zero-order valence-electron chi connectivity index (χ0n) is 6.72. The first kappa shape index (κ1) is 9.30. The predicted octanol–water partition coefficient (Wildman–Crippen LogP) is 1.16.